The van der Waals surface area contributed by atoms with Crippen LogP contribution in [0.25, 0.3) is 11.0 Å². The molecule has 1 aromatic heterocycles. The maximum atomic E-state index is 13.6. The number of aromatic nitrogens is 2. The number of fused-ring (bicyclic) bond motifs is 1. The summed E-state index contributed by atoms with van der Waals surface area (Å²) < 4.78 is 40.5. The van der Waals surface area contributed by atoms with E-state index in [1.807, 2.05) is 6.07 Å². The number of rotatable bonds is 7. The van der Waals surface area contributed by atoms with Gasteiger partial charge in [0.2, 0.25) is 11.9 Å². The number of nitrogens with one attached hydrogen (secondary N) is 1. The highest BCUT2D eigenvalue weighted by molar-refractivity contribution is 7.92. The highest BCUT2D eigenvalue weighted by Gasteiger charge is 2.31. The first-order valence-corrected chi connectivity index (χ1v) is 13.4. The van der Waals surface area contributed by atoms with E-state index in [2.05, 4.69) is 14.7 Å². The van der Waals surface area contributed by atoms with Crippen molar-refractivity contribution < 1.29 is 22.7 Å². The summed E-state index contributed by atoms with van der Waals surface area (Å²) in [7, 11) is -4.15. The number of anilines is 1. The molecule has 37 heavy (non-hydrogen) atoms. The maximum Gasteiger partial charge on any atom is 0.268 e. The van der Waals surface area contributed by atoms with Gasteiger partial charge in [0, 0.05) is 18.7 Å². The Morgan fingerprint density at radius 1 is 0.919 bits per heavy atom. The number of nitrogens with zero attached hydrogens (tertiary/aromatic N) is 3. The third-order valence-electron chi connectivity index (χ3n) is 5.77. The molecule has 2 heterocycles. The average Bonchev–Trinajstić information content (AvgIpc) is 2.92. The van der Waals surface area contributed by atoms with Crippen LogP contribution in [-0.2, 0) is 19.6 Å². The molecule has 1 aliphatic heterocycles. The fourth-order valence-electron chi connectivity index (χ4n) is 3.93. The summed E-state index contributed by atoms with van der Waals surface area (Å²) in [5, 5.41) is 0.0517. The minimum absolute atomic E-state index is 0.0517. The molecule has 9 nitrogen and oxygen atoms in total. The van der Waals surface area contributed by atoms with Gasteiger partial charge in [0.15, 0.2) is 0 Å². The summed E-state index contributed by atoms with van der Waals surface area (Å²) in [5.41, 5.74) is 1.51. The summed E-state index contributed by atoms with van der Waals surface area (Å²) in [6.07, 6.45) is -1.08. The van der Waals surface area contributed by atoms with Gasteiger partial charge in [-0.3, -0.25) is 9.52 Å². The van der Waals surface area contributed by atoms with Gasteiger partial charge in [0.25, 0.3) is 21.8 Å². The third kappa shape index (κ3) is 5.51. The van der Waals surface area contributed by atoms with Crippen LogP contribution in [0.5, 0.6) is 5.88 Å². The smallest absolute Gasteiger partial charge is 0.268 e. The average molecular weight is 539 g/mol. The van der Waals surface area contributed by atoms with Gasteiger partial charge in [-0.05, 0) is 24.3 Å². The van der Waals surface area contributed by atoms with E-state index >= 15 is 0 Å². The number of para-hydroxylation sites is 2. The van der Waals surface area contributed by atoms with Crippen molar-refractivity contribution in [2.24, 2.45) is 0 Å². The van der Waals surface area contributed by atoms with Crippen LogP contribution in [-0.4, -0.2) is 55.5 Å². The van der Waals surface area contributed by atoms with Gasteiger partial charge in [0.1, 0.15) is 4.90 Å². The van der Waals surface area contributed by atoms with Crippen molar-refractivity contribution in [1.29, 1.82) is 0 Å². The van der Waals surface area contributed by atoms with Crippen molar-refractivity contribution in [2.45, 2.75) is 11.0 Å². The number of ether oxygens (including phenoxy) is 2. The first kappa shape index (κ1) is 24.9. The molecule has 1 atom stereocenters. The van der Waals surface area contributed by atoms with Gasteiger partial charge in [0.05, 0.1) is 29.3 Å². The number of carbonyl (C=O) groups excluding carboxylic acids is 1. The van der Waals surface area contributed by atoms with Crippen molar-refractivity contribution in [3.63, 3.8) is 0 Å². The van der Waals surface area contributed by atoms with Crippen molar-refractivity contribution in [3.8, 4) is 5.88 Å². The summed E-state index contributed by atoms with van der Waals surface area (Å²) in [6.45, 7) is 1.68. The Morgan fingerprint density at radius 3 is 2.24 bits per heavy atom. The predicted molar refractivity (Wildman–Crippen MR) is 139 cm³/mol. The van der Waals surface area contributed by atoms with Crippen molar-refractivity contribution in [2.75, 3.05) is 31.0 Å². The predicted octanol–water partition coefficient (Wildman–Crippen LogP) is 4.06. The second-order valence-electron chi connectivity index (χ2n) is 8.25. The van der Waals surface area contributed by atoms with Crippen LogP contribution in [0.2, 0.25) is 5.02 Å². The molecule has 1 unspecified atom stereocenters. The minimum Gasteiger partial charge on any atom is -0.457 e. The van der Waals surface area contributed by atoms with Crippen LogP contribution in [0.3, 0.4) is 0 Å². The lowest BCUT2D eigenvalue weighted by Gasteiger charge is -2.30. The number of benzene rings is 3. The number of morpholine rings is 1. The number of amides is 1. The standard InChI is InChI=1S/C26H23ClN4O5S/c27-19-10-4-7-13-22(19)37(33,34)30-24-25(29-21-12-6-5-11-20(21)28-24)36-23(18-8-2-1-3-9-18)26(32)31-14-16-35-17-15-31/h1-13,23H,14-17H2,(H,28,30). The van der Waals surface area contributed by atoms with E-state index in [9.17, 15) is 13.2 Å². The lowest BCUT2D eigenvalue weighted by atomic mass is 10.1. The molecule has 190 valence electrons. The van der Waals surface area contributed by atoms with Crippen LogP contribution in [0, 0.1) is 0 Å². The van der Waals surface area contributed by atoms with Gasteiger partial charge >= 0.3 is 0 Å². The monoisotopic (exact) mass is 538 g/mol. The Hall–Kier alpha value is -3.73. The van der Waals surface area contributed by atoms with Gasteiger partial charge < -0.3 is 14.4 Å². The van der Waals surface area contributed by atoms with Crippen molar-refractivity contribution >= 4 is 44.4 Å². The molecule has 0 spiro atoms. The second-order valence-corrected chi connectivity index (χ2v) is 10.3. The molecule has 11 heteroatoms. The molecule has 1 N–H and O–H groups in total. The van der Waals surface area contributed by atoms with E-state index in [0.29, 0.717) is 42.9 Å². The van der Waals surface area contributed by atoms with E-state index in [1.54, 1.807) is 65.6 Å². The number of sulfonamides is 1. The van der Waals surface area contributed by atoms with E-state index < -0.39 is 16.1 Å². The molecule has 1 fully saturated rings. The Labute approximate surface area is 219 Å². The Kier molecular flexibility index (Phi) is 7.22. The first-order chi connectivity index (χ1) is 17.9. The molecule has 1 amide bonds. The summed E-state index contributed by atoms with van der Waals surface area (Å²) in [6, 6.07) is 22.0. The topological polar surface area (TPSA) is 111 Å². The number of carbonyl (C=O) groups is 1. The normalized spacial score (nSPS) is 14.8. The van der Waals surface area contributed by atoms with Crippen LogP contribution < -0.4 is 9.46 Å². The lowest BCUT2D eigenvalue weighted by molar-refractivity contribution is -0.143. The number of halogens is 1. The van der Waals surface area contributed by atoms with E-state index in [-0.39, 0.29) is 27.5 Å². The second kappa shape index (κ2) is 10.7. The zero-order valence-electron chi connectivity index (χ0n) is 19.6. The molecule has 1 saturated heterocycles. The third-order valence-corrected chi connectivity index (χ3v) is 7.61. The Balaban J connectivity index is 1.57. The molecule has 0 saturated carbocycles. The zero-order valence-corrected chi connectivity index (χ0v) is 21.2. The lowest BCUT2D eigenvalue weighted by Crippen LogP contribution is -2.44. The fourth-order valence-corrected chi connectivity index (χ4v) is 5.45. The first-order valence-electron chi connectivity index (χ1n) is 11.5. The van der Waals surface area contributed by atoms with Crippen LogP contribution in [0.15, 0.2) is 83.8 Å². The largest absolute Gasteiger partial charge is 0.457 e. The van der Waals surface area contributed by atoms with Gasteiger partial charge in [-0.2, -0.15) is 0 Å². The summed E-state index contributed by atoms with van der Waals surface area (Å²) in [4.78, 5) is 24.1. The van der Waals surface area contributed by atoms with Gasteiger partial charge in [-0.25, -0.2) is 18.4 Å². The molecule has 0 bridgehead atoms. The zero-order chi connectivity index (χ0) is 25.8. The van der Waals surface area contributed by atoms with E-state index in [1.165, 1.54) is 12.1 Å². The highest BCUT2D eigenvalue weighted by Crippen LogP contribution is 2.32. The summed E-state index contributed by atoms with van der Waals surface area (Å²) in [5.74, 6) is -0.580. The quantitative estimate of drug-likeness (QED) is 0.377. The maximum absolute atomic E-state index is 13.6. The molecule has 5 rings (SSSR count). The fraction of sp³-hybridized carbons (Fsp3) is 0.192. The molecular weight excluding hydrogens is 516 g/mol. The van der Waals surface area contributed by atoms with E-state index in [4.69, 9.17) is 21.1 Å². The Morgan fingerprint density at radius 2 is 1.54 bits per heavy atom. The molecule has 1 aliphatic rings. The van der Waals surface area contributed by atoms with E-state index in [0.717, 1.165) is 0 Å². The van der Waals surface area contributed by atoms with Gasteiger partial charge in [-0.1, -0.05) is 66.2 Å². The van der Waals surface area contributed by atoms with Crippen LogP contribution >= 0.6 is 11.6 Å². The van der Waals surface area contributed by atoms with Gasteiger partial charge in [-0.15, -0.1) is 0 Å². The highest BCUT2D eigenvalue weighted by atomic mass is 35.5. The molecule has 0 radical (unpaired) electrons. The number of hydrogen-bond acceptors (Lipinski definition) is 7. The molecule has 4 aromatic rings. The van der Waals surface area contributed by atoms with Crippen LogP contribution in [0.4, 0.5) is 5.82 Å². The Bertz CT molecular complexity index is 1530. The van der Waals surface area contributed by atoms with Crippen molar-refractivity contribution in [3.05, 3.63) is 89.4 Å². The minimum atomic E-state index is -4.15. The van der Waals surface area contributed by atoms with Crippen LogP contribution in [0.1, 0.15) is 11.7 Å². The molecular formula is C26H23ClN4O5S. The summed E-state index contributed by atoms with van der Waals surface area (Å²) >= 11 is 6.15. The molecule has 0 aliphatic carbocycles. The SMILES string of the molecule is O=C(C(Oc1nc2ccccc2nc1NS(=O)(=O)c1ccccc1Cl)c1ccccc1)N1CCOCC1. The van der Waals surface area contributed by atoms with Crippen molar-refractivity contribution in [1.82, 2.24) is 14.9 Å². The number of hydrogen-bond donors (Lipinski definition) is 1. The molecule has 3 aromatic carbocycles.